The zero-order valence-corrected chi connectivity index (χ0v) is 38.4. The van der Waals surface area contributed by atoms with Crippen molar-refractivity contribution in [3.8, 4) is 0 Å². The SMILES string of the molecule is CC/C=C\C/C=C\C/C=C\C/C=C\C/C=C\C/C=C\CCCCCCC(=O)OC(COC(=O)CCCCCCCCCCCCC)COP(=O)(O)OCC[N+](C)(C)C. The Balaban J connectivity index is 4.37. The Labute approximate surface area is 355 Å². The van der Waals surface area contributed by atoms with E-state index in [0.717, 1.165) is 83.5 Å². The van der Waals surface area contributed by atoms with Crippen LogP contribution < -0.4 is 0 Å². The van der Waals surface area contributed by atoms with Crippen molar-refractivity contribution in [2.75, 3.05) is 47.5 Å². The molecule has 0 saturated carbocycles. The summed E-state index contributed by atoms with van der Waals surface area (Å²) in [6.45, 7) is 4.25. The molecule has 0 aromatic rings. The van der Waals surface area contributed by atoms with E-state index in [9.17, 15) is 19.0 Å². The van der Waals surface area contributed by atoms with Crippen LogP contribution in [0.25, 0.3) is 0 Å². The van der Waals surface area contributed by atoms with Gasteiger partial charge in [0.1, 0.15) is 19.8 Å². The number of carbonyl (C=O) groups excluding carboxylic acids is 2. The summed E-state index contributed by atoms with van der Waals surface area (Å²) in [5, 5.41) is 0. The molecule has 0 aliphatic rings. The molecule has 0 radical (unpaired) electrons. The summed E-state index contributed by atoms with van der Waals surface area (Å²) in [7, 11) is 1.45. The van der Waals surface area contributed by atoms with Crippen molar-refractivity contribution in [2.45, 2.75) is 174 Å². The molecule has 0 aromatic carbocycles. The van der Waals surface area contributed by atoms with Crippen LogP contribution in [0.3, 0.4) is 0 Å². The minimum Gasteiger partial charge on any atom is -0.462 e. The van der Waals surface area contributed by atoms with Gasteiger partial charge in [0.15, 0.2) is 6.10 Å². The summed E-state index contributed by atoms with van der Waals surface area (Å²) in [4.78, 5) is 35.3. The summed E-state index contributed by atoms with van der Waals surface area (Å²) in [6, 6.07) is 0. The van der Waals surface area contributed by atoms with Crippen LogP contribution in [0, 0.1) is 0 Å². The maximum absolute atomic E-state index is 12.7. The van der Waals surface area contributed by atoms with Gasteiger partial charge in [0.05, 0.1) is 27.7 Å². The van der Waals surface area contributed by atoms with Crippen LogP contribution >= 0.6 is 7.82 Å². The number of quaternary nitrogens is 1. The van der Waals surface area contributed by atoms with Crippen LogP contribution in [0.2, 0.25) is 0 Å². The number of ether oxygens (including phenoxy) is 2. The van der Waals surface area contributed by atoms with Crippen LogP contribution in [0.1, 0.15) is 168 Å². The molecule has 0 aliphatic heterocycles. The molecule has 0 saturated heterocycles. The molecule has 0 spiro atoms. The maximum Gasteiger partial charge on any atom is 0.472 e. The fourth-order valence-electron chi connectivity index (χ4n) is 5.72. The van der Waals surface area contributed by atoms with E-state index in [0.29, 0.717) is 17.4 Å². The minimum atomic E-state index is -4.38. The molecule has 0 amide bonds. The lowest BCUT2D eigenvalue weighted by Crippen LogP contribution is -2.37. The molecule has 10 heteroatoms. The third-order valence-corrected chi connectivity index (χ3v) is 10.2. The summed E-state index contributed by atoms with van der Waals surface area (Å²) in [5.74, 6) is -0.832. The molecule has 58 heavy (non-hydrogen) atoms. The van der Waals surface area contributed by atoms with Gasteiger partial charge < -0.3 is 18.9 Å². The number of hydrogen-bond donors (Lipinski definition) is 1. The van der Waals surface area contributed by atoms with Gasteiger partial charge in [-0.15, -0.1) is 0 Å². The van der Waals surface area contributed by atoms with Crippen molar-refractivity contribution < 1.29 is 42.1 Å². The van der Waals surface area contributed by atoms with E-state index < -0.39 is 26.5 Å². The van der Waals surface area contributed by atoms with Gasteiger partial charge >= 0.3 is 19.8 Å². The summed E-state index contributed by atoms with van der Waals surface area (Å²) < 4.78 is 34.3. The van der Waals surface area contributed by atoms with Gasteiger partial charge in [-0.2, -0.15) is 0 Å². The second-order valence-corrected chi connectivity index (χ2v) is 17.5. The monoisotopic (exact) mass is 835 g/mol. The number of hydrogen-bond acceptors (Lipinski definition) is 7. The lowest BCUT2D eigenvalue weighted by molar-refractivity contribution is -0.870. The van der Waals surface area contributed by atoms with Gasteiger partial charge in [0, 0.05) is 12.8 Å². The Morgan fingerprint density at radius 2 is 0.983 bits per heavy atom. The zero-order chi connectivity index (χ0) is 42.8. The van der Waals surface area contributed by atoms with Gasteiger partial charge in [-0.05, 0) is 64.2 Å². The highest BCUT2D eigenvalue weighted by Gasteiger charge is 2.27. The average molecular weight is 835 g/mol. The van der Waals surface area contributed by atoms with Crippen molar-refractivity contribution >= 4 is 19.8 Å². The Morgan fingerprint density at radius 1 is 0.552 bits per heavy atom. The van der Waals surface area contributed by atoms with Crippen molar-refractivity contribution in [2.24, 2.45) is 0 Å². The number of carbonyl (C=O) groups is 2. The number of esters is 2. The topological polar surface area (TPSA) is 108 Å². The number of nitrogens with zero attached hydrogens (tertiary/aromatic N) is 1. The van der Waals surface area contributed by atoms with Gasteiger partial charge in [0.25, 0.3) is 0 Å². The number of rotatable bonds is 40. The number of unbranched alkanes of at least 4 members (excludes halogenated alkanes) is 14. The second-order valence-electron chi connectivity index (χ2n) is 16.1. The molecule has 1 N–H and O–H groups in total. The van der Waals surface area contributed by atoms with Crippen LogP contribution in [0.5, 0.6) is 0 Å². The van der Waals surface area contributed by atoms with E-state index in [1.807, 2.05) is 21.1 Å². The minimum absolute atomic E-state index is 0.0236. The first-order chi connectivity index (χ1) is 28.0. The highest BCUT2D eigenvalue weighted by atomic mass is 31.2. The molecular formula is C48H85NO8P+. The van der Waals surface area contributed by atoms with E-state index in [-0.39, 0.29) is 32.0 Å². The zero-order valence-electron chi connectivity index (χ0n) is 37.5. The standard InChI is InChI=1S/C48H84NO8P/c1-6-8-10-12-14-16-18-19-20-21-22-23-24-25-26-27-28-29-31-33-35-37-39-41-48(51)57-46(45-56-58(52,53)55-43-42-49(3,4)5)44-54-47(50)40-38-36-34-32-30-17-15-13-11-9-7-2/h8,10,14,16,19-20,22-23,25-26,28-29,46H,6-7,9,11-13,15,17-18,21,24,27,30-45H2,1-5H3/p+1/b10-8-,16-14-,20-19-,23-22-,26-25-,29-28-. The molecule has 0 aliphatic carbocycles. The van der Waals surface area contributed by atoms with Crippen LogP contribution in [-0.2, 0) is 32.7 Å². The lowest BCUT2D eigenvalue weighted by atomic mass is 10.1. The number of phosphoric acid groups is 1. The summed E-state index contributed by atoms with van der Waals surface area (Å²) >= 11 is 0. The Bertz CT molecular complexity index is 1220. The second kappa shape index (κ2) is 39.9. The molecule has 0 fully saturated rings. The highest BCUT2D eigenvalue weighted by Crippen LogP contribution is 2.43. The Kier molecular flexibility index (Phi) is 38.1. The van der Waals surface area contributed by atoms with Crippen molar-refractivity contribution in [1.82, 2.24) is 0 Å². The lowest BCUT2D eigenvalue weighted by Gasteiger charge is -2.24. The fraction of sp³-hybridized carbons (Fsp3) is 0.708. The van der Waals surface area contributed by atoms with Gasteiger partial charge in [0.2, 0.25) is 0 Å². The molecule has 0 heterocycles. The Morgan fingerprint density at radius 3 is 1.47 bits per heavy atom. The Hall–Kier alpha value is -2.55. The molecule has 0 bridgehead atoms. The fourth-order valence-corrected chi connectivity index (χ4v) is 6.46. The van der Waals surface area contributed by atoms with Crippen molar-refractivity contribution in [3.63, 3.8) is 0 Å². The normalized spacial score (nSPS) is 14.2. The molecule has 2 unspecified atom stereocenters. The van der Waals surface area contributed by atoms with Gasteiger partial charge in [-0.3, -0.25) is 18.6 Å². The van der Waals surface area contributed by atoms with Crippen LogP contribution in [-0.4, -0.2) is 74.9 Å². The van der Waals surface area contributed by atoms with E-state index in [4.69, 9.17) is 18.5 Å². The molecule has 9 nitrogen and oxygen atoms in total. The van der Waals surface area contributed by atoms with Crippen molar-refractivity contribution in [3.05, 3.63) is 72.9 Å². The molecule has 0 rings (SSSR count). The van der Waals surface area contributed by atoms with Crippen LogP contribution in [0.4, 0.5) is 0 Å². The third-order valence-electron chi connectivity index (χ3n) is 9.25. The predicted molar refractivity (Wildman–Crippen MR) is 242 cm³/mol. The van der Waals surface area contributed by atoms with Crippen LogP contribution in [0.15, 0.2) is 72.9 Å². The first-order valence-corrected chi connectivity index (χ1v) is 24.2. The quantitative estimate of drug-likeness (QED) is 0.0214. The molecule has 2 atom stereocenters. The van der Waals surface area contributed by atoms with Gasteiger partial charge in [-0.25, -0.2) is 4.57 Å². The maximum atomic E-state index is 12.7. The molecule has 334 valence electrons. The smallest absolute Gasteiger partial charge is 0.462 e. The predicted octanol–water partition coefficient (Wildman–Crippen LogP) is 13.0. The number of phosphoric ester groups is 1. The first-order valence-electron chi connectivity index (χ1n) is 22.7. The van der Waals surface area contributed by atoms with E-state index in [2.05, 4.69) is 86.8 Å². The molecule has 0 aromatic heterocycles. The number of allylic oxidation sites excluding steroid dienone is 12. The van der Waals surface area contributed by atoms with E-state index in [1.54, 1.807) is 0 Å². The largest absolute Gasteiger partial charge is 0.472 e. The summed E-state index contributed by atoms with van der Waals surface area (Å²) in [6.07, 6.45) is 49.5. The third kappa shape index (κ3) is 43.0. The van der Waals surface area contributed by atoms with Gasteiger partial charge in [-0.1, -0.05) is 164 Å². The highest BCUT2D eigenvalue weighted by molar-refractivity contribution is 7.47. The molecular weight excluding hydrogens is 750 g/mol. The van der Waals surface area contributed by atoms with Crippen molar-refractivity contribution in [1.29, 1.82) is 0 Å². The summed E-state index contributed by atoms with van der Waals surface area (Å²) in [5.41, 5.74) is 0. The number of likely N-dealkylation sites (N-methyl/N-ethyl adjacent to an activating group) is 1. The first kappa shape index (κ1) is 55.5. The van der Waals surface area contributed by atoms with E-state index in [1.165, 1.54) is 51.4 Å². The van der Waals surface area contributed by atoms with E-state index >= 15 is 0 Å². The average Bonchev–Trinajstić information content (AvgIpc) is 3.17.